The lowest BCUT2D eigenvalue weighted by Crippen LogP contribution is -2.12. The highest BCUT2D eigenvalue weighted by Gasteiger charge is 2.19. The minimum Gasteiger partial charge on any atom is -0.457 e. The number of fused-ring (bicyclic) bond motifs is 1. The number of aromatic nitrogens is 3. The molecular formula is C29H21FN6O2. The van der Waals surface area contributed by atoms with Gasteiger partial charge in [0.1, 0.15) is 17.6 Å². The Kier molecular flexibility index (Phi) is 6.78. The third kappa shape index (κ3) is 5.20. The SMILES string of the molecule is Cc1c(NC(=O)/C(F)=C\c2cccnc2)cn2ncc(C#N)c(Nc3ccc(Oc4ccccc4)cc3)c12. The first-order chi connectivity index (χ1) is 18.5. The average molecular weight is 505 g/mol. The van der Waals surface area contributed by atoms with Crippen molar-refractivity contribution in [3.63, 3.8) is 0 Å². The molecule has 38 heavy (non-hydrogen) atoms. The first-order valence-electron chi connectivity index (χ1n) is 11.6. The molecule has 0 atom stereocenters. The van der Waals surface area contributed by atoms with Crippen LogP contribution in [-0.4, -0.2) is 20.5 Å². The van der Waals surface area contributed by atoms with Crippen LogP contribution in [0.1, 0.15) is 16.7 Å². The quantitative estimate of drug-likeness (QED) is 0.249. The molecule has 2 aromatic carbocycles. The zero-order valence-electron chi connectivity index (χ0n) is 20.2. The van der Waals surface area contributed by atoms with Gasteiger partial charge in [0.15, 0.2) is 5.83 Å². The molecule has 0 saturated carbocycles. The predicted molar refractivity (Wildman–Crippen MR) is 143 cm³/mol. The molecule has 9 heteroatoms. The molecule has 3 heterocycles. The van der Waals surface area contributed by atoms with Gasteiger partial charge in [-0.1, -0.05) is 24.3 Å². The summed E-state index contributed by atoms with van der Waals surface area (Å²) in [5.41, 5.74) is 3.54. The molecule has 186 valence electrons. The van der Waals surface area contributed by atoms with Crippen LogP contribution in [0.4, 0.5) is 21.5 Å². The molecule has 5 rings (SSSR count). The molecule has 0 fully saturated rings. The summed E-state index contributed by atoms with van der Waals surface area (Å²) in [5.74, 6) is -0.486. The summed E-state index contributed by atoms with van der Waals surface area (Å²) < 4.78 is 21.9. The first-order valence-corrected chi connectivity index (χ1v) is 11.6. The third-order valence-corrected chi connectivity index (χ3v) is 5.72. The fourth-order valence-corrected chi connectivity index (χ4v) is 3.86. The number of nitrogens with one attached hydrogen (secondary N) is 2. The molecule has 3 aromatic heterocycles. The Morgan fingerprint density at radius 2 is 1.82 bits per heavy atom. The van der Waals surface area contributed by atoms with Crippen molar-refractivity contribution in [1.29, 1.82) is 5.26 Å². The van der Waals surface area contributed by atoms with E-state index in [1.807, 2.05) is 54.6 Å². The van der Waals surface area contributed by atoms with Crippen LogP contribution in [0.5, 0.6) is 11.5 Å². The normalized spacial score (nSPS) is 11.1. The van der Waals surface area contributed by atoms with Crippen LogP contribution < -0.4 is 15.4 Å². The van der Waals surface area contributed by atoms with E-state index in [1.165, 1.54) is 16.9 Å². The fraction of sp³-hybridized carbons (Fsp3) is 0.0345. The molecule has 0 aliphatic rings. The van der Waals surface area contributed by atoms with E-state index in [9.17, 15) is 14.4 Å². The van der Waals surface area contributed by atoms with Crippen LogP contribution in [0.3, 0.4) is 0 Å². The number of anilines is 3. The molecule has 0 saturated heterocycles. The lowest BCUT2D eigenvalue weighted by atomic mass is 10.1. The summed E-state index contributed by atoms with van der Waals surface area (Å²) in [6.45, 7) is 1.76. The number of rotatable bonds is 7. The van der Waals surface area contributed by atoms with E-state index >= 15 is 0 Å². The number of carbonyl (C=O) groups is 1. The lowest BCUT2D eigenvalue weighted by Gasteiger charge is -2.12. The summed E-state index contributed by atoms with van der Waals surface area (Å²) in [6.07, 6.45) is 7.12. The molecular weight excluding hydrogens is 483 g/mol. The number of ether oxygens (including phenoxy) is 1. The zero-order valence-corrected chi connectivity index (χ0v) is 20.2. The van der Waals surface area contributed by atoms with Gasteiger partial charge in [-0.05, 0) is 61.0 Å². The minimum atomic E-state index is -0.963. The number of hydrogen-bond donors (Lipinski definition) is 2. The molecule has 0 aliphatic carbocycles. The summed E-state index contributed by atoms with van der Waals surface area (Å²) in [4.78, 5) is 16.4. The van der Waals surface area contributed by atoms with E-state index in [0.29, 0.717) is 45.0 Å². The summed E-state index contributed by atoms with van der Waals surface area (Å²) in [7, 11) is 0. The van der Waals surface area contributed by atoms with Gasteiger partial charge in [-0.15, -0.1) is 0 Å². The number of aryl methyl sites for hydroxylation is 1. The molecule has 0 spiro atoms. The van der Waals surface area contributed by atoms with Crippen molar-refractivity contribution in [2.24, 2.45) is 0 Å². The van der Waals surface area contributed by atoms with Crippen molar-refractivity contribution < 1.29 is 13.9 Å². The van der Waals surface area contributed by atoms with Gasteiger partial charge in [0.2, 0.25) is 0 Å². The van der Waals surface area contributed by atoms with Crippen molar-refractivity contribution in [2.75, 3.05) is 10.6 Å². The molecule has 0 bridgehead atoms. The molecule has 0 aliphatic heterocycles. The highest BCUT2D eigenvalue weighted by atomic mass is 19.1. The minimum absolute atomic E-state index is 0.309. The number of carbonyl (C=O) groups excluding carboxylic acids is 1. The maximum Gasteiger partial charge on any atom is 0.284 e. The van der Waals surface area contributed by atoms with Gasteiger partial charge in [0, 0.05) is 23.6 Å². The Balaban J connectivity index is 1.41. The highest BCUT2D eigenvalue weighted by Crippen LogP contribution is 2.33. The van der Waals surface area contributed by atoms with Gasteiger partial charge < -0.3 is 15.4 Å². The topological polar surface area (TPSA) is 104 Å². The Hall–Kier alpha value is -5.49. The van der Waals surface area contributed by atoms with Gasteiger partial charge >= 0.3 is 0 Å². The molecule has 8 nitrogen and oxygen atoms in total. The Labute approximate surface area is 217 Å². The number of nitrogens with zero attached hydrogens (tertiary/aromatic N) is 4. The first kappa shape index (κ1) is 24.2. The maximum absolute atomic E-state index is 14.5. The second-order valence-corrected chi connectivity index (χ2v) is 8.30. The lowest BCUT2D eigenvalue weighted by molar-refractivity contribution is -0.114. The monoisotopic (exact) mass is 504 g/mol. The molecule has 2 N–H and O–H groups in total. The molecule has 0 radical (unpaired) electrons. The van der Waals surface area contributed by atoms with Crippen molar-refractivity contribution in [2.45, 2.75) is 6.92 Å². The van der Waals surface area contributed by atoms with E-state index in [-0.39, 0.29) is 0 Å². The third-order valence-electron chi connectivity index (χ3n) is 5.72. The van der Waals surface area contributed by atoms with Gasteiger partial charge in [-0.2, -0.15) is 10.4 Å². The van der Waals surface area contributed by atoms with Crippen LogP contribution in [0.25, 0.3) is 11.6 Å². The second kappa shape index (κ2) is 10.6. The van der Waals surface area contributed by atoms with Crippen molar-refractivity contribution in [3.8, 4) is 17.6 Å². The molecule has 0 unspecified atom stereocenters. The maximum atomic E-state index is 14.5. The van der Waals surface area contributed by atoms with E-state index < -0.39 is 11.7 Å². The van der Waals surface area contributed by atoms with Gasteiger partial charge in [-0.25, -0.2) is 8.91 Å². The van der Waals surface area contributed by atoms with E-state index in [4.69, 9.17) is 4.74 Å². The van der Waals surface area contributed by atoms with E-state index in [2.05, 4.69) is 26.8 Å². The average Bonchev–Trinajstić information content (AvgIpc) is 3.26. The largest absolute Gasteiger partial charge is 0.457 e. The van der Waals surface area contributed by atoms with Crippen LogP contribution in [0.2, 0.25) is 0 Å². The second-order valence-electron chi connectivity index (χ2n) is 8.30. The van der Waals surface area contributed by atoms with Crippen molar-refractivity contribution >= 4 is 34.6 Å². The van der Waals surface area contributed by atoms with Crippen molar-refractivity contribution in [3.05, 3.63) is 114 Å². The summed E-state index contributed by atoms with van der Waals surface area (Å²) in [6, 6.07) is 22.2. The number of pyridine rings is 1. The van der Waals surface area contributed by atoms with Gasteiger partial charge in [0.25, 0.3) is 5.91 Å². The number of hydrogen-bond acceptors (Lipinski definition) is 6. The molecule has 5 aromatic rings. The Bertz CT molecular complexity index is 1670. The van der Waals surface area contributed by atoms with Crippen LogP contribution in [0.15, 0.2) is 97.3 Å². The zero-order chi connectivity index (χ0) is 26.5. The van der Waals surface area contributed by atoms with Gasteiger partial charge in [-0.3, -0.25) is 9.78 Å². The Morgan fingerprint density at radius 1 is 1.05 bits per heavy atom. The van der Waals surface area contributed by atoms with Crippen LogP contribution in [0, 0.1) is 18.3 Å². The standard InChI is InChI=1S/C29H21FN6O2/c1-19-26(35-29(37)25(30)14-20-6-5-13-32-16-20)18-36-28(19)27(21(15-31)17-33-36)34-22-9-11-24(12-10-22)38-23-7-3-2-4-8-23/h2-14,16-18,34H,1H3,(H,35,37)/b25-14+. The van der Waals surface area contributed by atoms with Crippen LogP contribution in [-0.2, 0) is 4.79 Å². The number of benzene rings is 2. The summed E-state index contributed by atoms with van der Waals surface area (Å²) in [5, 5.41) is 19.9. The Morgan fingerprint density at radius 3 is 2.53 bits per heavy atom. The number of para-hydroxylation sites is 1. The number of amides is 1. The fourth-order valence-electron chi connectivity index (χ4n) is 3.86. The van der Waals surface area contributed by atoms with E-state index in [1.54, 1.807) is 31.5 Å². The predicted octanol–water partition coefficient (Wildman–Crippen LogP) is 6.39. The van der Waals surface area contributed by atoms with Crippen LogP contribution >= 0.6 is 0 Å². The number of nitriles is 1. The number of halogens is 1. The van der Waals surface area contributed by atoms with Crippen molar-refractivity contribution in [1.82, 2.24) is 14.6 Å². The van der Waals surface area contributed by atoms with Gasteiger partial charge in [0.05, 0.1) is 34.8 Å². The van der Waals surface area contributed by atoms with E-state index in [0.717, 1.165) is 11.8 Å². The molecule has 1 amide bonds. The summed E-state index contributed by atoms with van der Waals surface area (Å²) >= 11 is 0. The smallest absolute Gasteiger partial charge is 0.284 e. The highest BCUT2D eigenvalue weighted by molar-refractivity contribution is 6.06.